The van der Waals surface area contributed by atoms with E-state index < -0.39 is 0 Å². The fourth-order valence-electron chi connectivity index (χ4n) is 7.17. The van der Waals surface area contributed by atoms with Gasteiger partial charge in [0.2, 0.25) is 5.91 Å². The smallest absolute Gasteiger partial charge is 0.225 e. The number of fused-ring (bicyclic) bond motifs is 5. The molecule has 0 aliphatic heterocycles. The van der Waals surface area contributed by atoms with E-state index in [0.29, 0.717) is 35.9 Å². The Labute approximate surface area is 193 Å². The van der Waals surface area contributed by atoms with Gasteiger partial charge in [0.05, 0.1) is 11.9 Å². The maximum Gasteiger partial charge on any atom is 0.225 e. The standard InChI is InChI=1S/C26H31FN4O2/c1-26-11-10-18-17-5-3-6-21(27)19(17)8-9-20(18)25(26)16(14-22(26)31-33)4-2-7-24(32)30-23-15-28-12-13-29-23/h3,5-6,12-13,15-16,18,20,25,33H,2,4,7-11,14H2,1H3,(H,29,30,32)/b31-22+/t16-,18?,20?,25?,26-/m1/s1. The van der Waals surface area contributed by atoms with Crippen molar-refractivity contribution in [2.45, 2.75) is 64.2 Å². The van der Waals surface area contributed by atoms with Crippen LogP contribution >= 0.6 is 0 Å². The van der Waals surface area contributed by atoms with Gasteiger partial charge in [0.15, 0.2) is 5.82 Å². The highest BCUT2D eigenvalue weighted by atomic mass is 19.1. The lowest BCUT2D eigenvalue weighted by molar-refractivity contribution is -0.116. The van der Waals surface area contributed by atoms with Crippen molar-refractivity contribution in [2.24, 2.45) is 28.3 Å². The molecular formula is C26H31FN4O2. The number of aromatic nitrogens is 2. The number of oxime groups is 1. The molecular weight excluding hydrogens is 419 g/mol. The first kappa shape index (κ1) is 22.0. The summed E-state index contributed by atoms with van der Waals surface area (Å²) in [4.78, 5) is 20.4. The Morgan fingerprint density at radius 1 is 1.33 bits per heavy atom. The predicted octanol–water partition coefficient (Wildman–Crippen LogP) is 5.34. The van der Waals surface area contributed by atoms with E-state index >= 15 is 0 Å². The number of benzene rings is 1. The number of nitrogens with one attached hydrogen (secondary N) is 1. The molecule has 2 saturated carbocycles. The highest BCUT2D eigenvalue weighted by Crippen LogP contribution is 2.62. The summed E-state index contributed by atoms with van der Waals surface area (Å²) in [6.45, 7) is 2.25. The van der Waals surface area contributed by atoms with Crippen LogP contribution in [0.3, 0.4) is 0 Å². The second-order valence-electron chi connectivity index (χ2n) is 10.1. The number of rotatable bonds is 5. The summed E-state index contributed by atoms with van der Waals surface area (Å²) in [6.07, 6.45) is 11.2. The normalized spacial score (nSPS) is 31.5. The van der Waals surface area contributed by atoms with Gasteiger partial charge >= 0.3 is 0 Å². The lowest BCUT2D eigenvalue weighted by Gasteiger charge is -2.50. The predicted molar refractivity (Wildman–Crippen MR) is 124 cm³/mol. The molecule has 2 fully saturated rings. The lowest BCUT2D eigenvalue weighted by Crippen LogP contribution is -2.44. The Kier molecular flexibility index (Phi) is 5.89. The van der Waals surface area contributed by atoms with E-state index in [4.69, 9.17) is 0 Å². The van der Waals surface area contributed by atoms with Crippen molar-refractivity contribution in [1.82, 2.24) is 9.97 Å². The maximum atomic E-state index is 14.5. The molecule has 2 aromatic rings. The highest BCUT2D eigenvalue weighted by molar-refractivity contribution is 5.92. The number of carbonyl (C=O) groups is 1. The zero-order valence-corrected chi connectivity index (χ0v) is 19.0. The third-order valence-corrected chi connectivity index (χ3v) is 8.52. The van der Waals surface area contributed by atoms with Crippen LogP contribution < -0.4 is 5.32 Å². The van der Waals surface area contributed by atoms with Gasteiger partial charge in [-0.25, -0.2) is 9.37 Å². The average Bonchev–Trinajstić information content (AvgIpc) is 3.11. The number of halogens is 1. The van der Waals surface area contributed by atoms with E-state index in [-0.39, 0.29) is 17.1 Å². The van der Waals surface area contributed by atoms with Gasteiger partial charge in [-0.2, -0.15) is 0 Å². The summed E-state index contributed by atoms with van der Waals surface area (Å²) < 4.78 is 14.5. The fourth-order valence-corrected chi connectivity index (χ4v) is 7.17. The molecule has 1 amide bonds. The first-order valence-electron chi connectivity index (χ1n) is 12.1. The summed E-state index contributed by atoms with van der Waals surface area (Å²) in [5.41, 5.74) is 2.87. The van der Waals surface area contributed by atoms with Crippen LogP contribution in [0.1, 0.15) is 68.9 Å². The van der Waals surface area contributed by atoms with E-state index in [2.05, 4.69) is 33.4 Å². The molecule has 2 N–H and O–H groups in total. The molecule has 1 aromatic heterocycles. The number of hydrogen-bond donors (Lipinski definition) is 2. The van der Waals surface area contributed by atoms with Crippen LogP contribution in [0.4, 0.5) is 10.2 Å². The van der Waals surface area contributed by atoms with E-state index in [1.165, 1.54) is 11.8 Å². The first-order chi connectivity index (χ1) is 16.0. The third-order valence-electron chi connectivity index (χ3n) is 8.52. The Bertz CT molecular complexity index is 1060. The van der Waals surface area contributed by atoms with Crippen LogP contribution in [0.2, 0.25) is 0 Å². The van der Waals surface area contributed by atoms with Gasteiger partial charge in [0.25, 0.3) is 0 Å². The van der Waals surface area contributed by atoms with Crippen LogP contribution in [-0.2, 0) is 11.2 Å². The summed E-state index contributed by atoms with van der Waals surface area (Å²) in [5.74, 6) is 1.91. The molecule has 1 aromatic carbocycles. The minimum Gasteiger partial charge on any atom is -0.411 e. The van der Waals surface area contributed by atoms with Crippen molar-refractivity contribution in [2.75, 3.05) is 5.32 Å². The summed E-state index contributed by atoms with van der Waals surface area (Å²) in [6, 6.07) is 5.53. The molecule has 5 rings (SSSR count). The zero-order valence-electron chi connectivity index (χ0n) is 19.0. The van der Waals surface area contributed by atoms with Crippen LogP contribution in [-0.4, -0.2) is 26.8 Å². The minimum absolute atomic E-state index is 0.0594. The molecule has 1 heterocycles. The van der Waals surface area contributed by atoms with Crippen LogP contribution in [0.15, 0.2) is 41.9 Å². The maximum absolute atomic E-state index is 14.5. The molecule has 0 radical (unpaired) electrons. The second kappa shape index (κ2) is 8.84. The molecule has 0 bridgehead atoms. The molecule has 6 nitrogen and oxygen atoms in total. The largest absolute Gasteiger partial charge is 0.411 e. The Balaban J connectivity index is 1.31. The average molecular weight is 451 g/mol. The lowest BCUT2D eigenvalue weighted by atomic mass is 9.54. The first-order valence-corrected chi connectivity index (χ1v) is 12.1. The van der Waals surface area contributed by atoms with E-state index in [9.17, 15) is 14.4 Å². The summed E-state index contributed by atoms with van der Waals surface area (Å²) >= 11 is 0. The van der Waals surface area contributed by atoms with Gasteiger partial charge < -0.3 is 10.5 Å². The number of nitrogens with zero attached hydrogens (tertiary/aromatic N) is 3. The highest BCUT2D eigenvalue weighted by Gasteiger charge is 2.57. The van der Waals surface area contributed by atoms with Crippen LogP contribution in [0, 0.1) is 29.0 Å². The Morgan fingerprint density at radius 2 is 2.21 bits per heavy atom. The Morgan fingerprint density at radius 3 is 3.00 bits per heavy atom. The van der Waals surface area contributed by atoms with Crippen molar-refractivity contribution in [3.63, 3.8) is 0 Å². The SMILES string of the molecule is C[C@]12CCC3c4cccc(F)c4CCC3C1[C@H](CCCC(=O)Nc1cnccn1)C/C2=N\O. The van der Waals surface area contributed by atoms with Crippen molar-refractivity contribution in [1.29, 1.82) is 0 Å². The van der Waals surface area contributed by atoms with Crippen molar-refractivity contribution in [3.8, 4) is 0 Å². The van der Waals surface area contributed by atoms with Crippen molar-refractivity contribution >= 4 is 17.4 Å². The van der Waals surface area contributed by atoms with Crippen LogP contribution in [0.5, 0.6) is 0 Å². The molecule has 0 spiro atoms. The van der Waals surface area contributed by atoms with Crippen molar-refractivity contribution < 1.29 is 14.4 Å². The fraction of sp³-hybridized carbons (Fsp3) is 0.538. The molecule has 3 aliphatic rings. The van der Waals surface area contributed by atoms with Gasteiger partial charge in [-0.1, -0.05) is 24.2 Å². The van der Waals surface area contributed by atoms with E-state index in [0.717, 1.165) is 56.2 Å². The number of anilines is 1. The molecule has 33 heavy (non-hydrogen) atoms. The van der Waals surface area contributed by atoms with E-state index in [1.807, 2.05) is 6.07 Å². The van der Waals surface area contributed by atoms with Gasteiger partial charge in [0, 0.05) is 24.2 Å². The monoisotopic (exact) mass is 450 g/mol. The zero-order chi connectivity index (χ0) is 23.0. The number of amides is 1. The van der Waals surface area contributed by atoms with E-state index in [1.54, 1.807) is 18.5 Å². The van der Waals surface area contributed by atoms with Gasteiger partial charge in [0.1, 0.15) is 5.82 Å². The molecule has 5 atom stereocenters. The van der Waals surface area contributed by atoms with Gasteiger partial charge in [-0.15, -0.1) is 0 Å². The molecule has 3 unspecified atom stereocenters. The topological polar surface area (TPSA) is 87.5 Å². The Hall–Kier alpha value is -2.83. The summed E-state index contributed by atoms with van der Waals surface area (Å²) in [5, 5.41) is 16.4. The molecule has 0 saturated heterocycles. The van der Waals surface area contributed by atoms with Gasteiger partial charge in [-0.3, -0.25) is 9.78 Å². The number of carbonyl (C=O) groups excluding carboxylic acids is 1. The van der Waals surface area contributed by atoms with Crippen molar-refractivity contribution in [3.05, 3.63) is 53.7 Å². The van der Waals surface area contributed by atoms with Gasteiger partial charge in [-0.05, 0) is 85.8 Å². The quantitative estimate of drug-likeness (QED) is 0.476. The summed E-state index contributed by atoms with van der Waals surface area (Å²) in [7, 11) is 0. The molecule has 7 heteroatoms. The second-order valence-corrected chi connectivity index (χ2v) is 10.1. The third kappa shape index (κ3) is 3.91. The molecule has 174 valence electrons. The van der Waals surface area contributed by atoms with Crippen LogP contribution in [0.25, 0.3) is 0 Å². The minimum atomic E-state index is -0.118. The number of hydrogen-bond acceptors (Lipinski definition) is 5. The molecule has 3 aliphatic carbocycles.